The number of carbonyl (C=O) groups is 3. The molecule has 0 bridgehead atoms. The molecule has 146 valence electrons. The zero-order valence-electron chi connectivity index (χ0n) is 15.0. The second-order valence-electron chi connectivity index (χ2n) is 6.05. The van der Waals surface area contributed by atoms with Crippen molar-refractivity contribution in [3.8, 4) is 0 Å². The molecule has 3 rings (SSSR count). The standard InChI is InChI=1S/C20H20N2O5S/c23-11-12-27-13-22-19(28-15-9-5-2-6-10-15)16(18(25)21-20(22)26)17(24)14-7-3-1-4-8-14/h1-10,16,19,23H,11-13H2,(H,21,25,26). The molecule has 1 saturated heterocycles. The molecule has 8 heteroatoms. The summed E-state index contributed by atoms with van der Waals surface area (Å²) in [6.07, 6.45) is 0. The first-order valence-corrected chi connectivity index (χ1v) is 9.61. The number of Topliss-reactive ketones (excluding diaryl/α,β-unsaturated/α-hetero) is 1. The van der Waals surface area contributed by atoms with Gasteiger partial charge in [-0.3, -0.25) is 19.8 Å². The third kappa shape index (κ3) is 4.59. The third-order valence-corrected chi connectivity index (χ3v) is 5.49. The minimum absolute atomic E-state index is 0.0394. The molecule has 2 unspecified atom stereocenters. The van der Waals surface area contributed by atoms with Gasteiger partial charge in [0.05, 0.1) is 13.2 Å². The highest BCUT2D eigenvalue weighted by Crippen LogP contribution is 2.34. The van der Waals surface area contributed by atoms with E-state index in [1.165, 1.54) is 16.7 Å². The summed E-state index contributed by atoms with van der Waals surface area (Å²) in [6.45, 7) is -0.308. The Morgan fingerprint density at radius 3 is 2.36 bits per heavy atom. The molecule has 1 aliphatic heterocycles. The fourth-order valence-corrected chi connectivity index (χ4v) is 4.10. The molecular weight excluding hydrogens is 380 g/mol. The number of carbonyl (C=O) groups excluding carboxylic acids is 3. The minimum atomic E-state index is -1.09. The van der Waals surface area contributed by atoms with Crippen molar-refractivity contribution in [3.05, 3.63) is 66.2 Å². The summed E-state index contributed by atoms with van der Waals surface area (Å²) in [5, 5.41) is 10.4. The quantitative estimate of drug-likeness (QED) is 0.400. The van der Waals surface area contributed by atoms with E-state index in [9.17, 15) is 14.4 Å². The van der Waals surface area contributed by atoms with Gasteiger partial charge in [-0.2, -0.15) is 0 Å². The number of thioether (sulfide) groups is 1. The lowest BCUT2D eigenvalue weighted by molar-refractivity contribution is -0.125. The van der Waals surface area contributed by atoms with Crippen LogP contribution in [0.4, 0.5) is 4.79 Å². The Labute approximate surface area is 166 Å². The normalized spacial score (nSPS) is 19.4. The van der Waals surface area contributed by atoms with E-state index >= 15 is 0 Å². The first-order chi connectivity index (χ1) is 13.6. The molecule has 0 saturated carbocycles. The van der Waals surface area contributed by atoms with Gasteiger partial charge in [-0.05, 0) is 12.1 Å². The van der Waals surface area contributed by atoms with Crippen LogP contribution in [0, 0.1) is 5.92 Å². The molecule has 0 spiro atoms. The van der Waals surface area contributed by atoms with Crippen LogP contribution in [0.2, 0.25) is 0 Å². The van der Waals surface area contributed by atoms with Crippen molar-refractivity contribution in [2.75, 3.05) is 19.9 Å². The molecule has 2 aromatic carbocycles. The van der Waals surface area contributed by atoms with E-state index in [4.69, 9.17) is 9.84 Å². The smallest absolute Gasteiger partial charge is 0.326 e. The minimum Gasteiger partial charge on any atom is -0.394 e. The summed E-state index contributed by atoms with van der Waals surface area (Å²) < 4.78 is 5.31. The average molecular weight is 400 g/mol. The number of aliphatic hydroxyl groups is 1. The van der Waals surface area contributed by atoms with Gasteiger partial charge in [0.25, 0.3) is 0 Å². The monoisotopic (exact) mass is 400 g/mol. The molecule has 7 nitrogen and oxygen atoms in total. The van der Waals surface area contributed by atoms with Crippen LogP contribution >= 0.6 is 11.8 Å². The van der Waals surface area contributed by atoms with Crippen molar-refractivity contribution in [2.45, 2.75) is 10.3 Å². The summed E-state index contributed by atoms with van der Waals surface area (Å²) in [5.41, 5.74) is 0.395. The Morgan fingerprint density at radius 2 is 1.71 bits per heavy atom. The lowest BCUT2D eigenvalue weighted by atomic mass is 9.94. The van der Waals surface area contributed by atoms with Crippen LogP contribution in [-0.2, 0) is 9.53 Å². The number of rotatable bonds is 8. The van der Waals surface area contributed by atoms with Crippen molar-refractivity contribution < 1.29 is 24.2 Å². The van der Waals surface area contributed by atoms with Gasteiger partial charge in [-0.25, -0.2) is 4.79 Å². The summed E-state index contributed by atoms with van der Waals surface area (Å²) in [5.74, 6) is -2.10. The second-order valence-corrected chi connectivity index (χ2v) is 7.24. The van der Waals surface area contributed by atoms with Gasteiger partial charge in [0.1, 0.15) is 18.0 Å². The Balaban J connectivity index is 1.94. The second kappa shape index (κ2) is 9.50. The molecule has 28 heavy (non-hydrogen) atoms. The van der Waals surface area contributed by atoms with E-state index in [2.05, 4.69) is 5.32 Å². The molecule has 1 heterocycles. The zero-order valence-corrected chi connectivity index (χ0v) is 15.8. The predicted octanol–water partition coefficient (Wildman–Crippen LogP) is 2.12. The van der Waals surface area contributed by atoms with Gasteiger partial charge in [0, 0.05) is 10.5 Å². The number of nitrogens with zero attached hydrogens (tertiary/aromatic N) is 1. The molecule has 1 aliphatic rings. The van der Waals surface area contributed by atoms with E-state index in [-0.39, 0.29) is 25.7 Å². The number of aliphatic hydroxyl groups excluding tert-OH is 1. The van der Waals surface area contributed by atoms with Gasteiger partial charge in [0.15, 0.2) is 5.78 Å². The molecule has 1 fully saturated rings. The van der Waals surface area contributed by atoms with Crippen LogP contribution in [0.3, 0.4) is 0 Å². The number of hydrogen-bond donors (Lipinski definition) is 2. The molecular formula is C20H20N2O5S. The lowest BCUT2D eigenvalue weighted by Crippen LogP contribution is -2.61. The van der Waals surface area contributed by atoms with Gasteiger partial charge in [0.2, 0.25) is 5.91 Å². The van der Waals surface area contributed by atoms with E-state index in [0.717, 1.165) is 4.90 Å². The third-order valence-electron chi connectivity index (χ3n) is 4.17. The maximum Gasteiger partial charge on any atom is 0.326 e. The summed E-state index contributed by atoms with van der Waals surface area (Å²) in [7, 11) is 0. The number of nitrogens with one attached hydrogen (secondary N) is 1. The average Bonchev–Trinajstić information content (AvgIpc) is 2.71. The molecule has 0 aromatic heterocycles. The first kappa shape index (κ1) is 20.1. The lowest BCUT2D eigenvalue weighted by Gasteiger charge is -2.38. The van der Waals surface area contributed by atoms with Crippen LogP contribution in [-0.4, -0.2) is 53.0 Å². The van der Waals surface area contributed by atoms with Gasteiger partial charge in [-0.1, -0.05) is 60.3 Å². The summed E-state index contributed by atoms with van der Waals surface area (Å²) in [4.78, 5) is 40.3. The Bertz CT molecular complexity index is 831. The highest BCUT2D eigenvalue weighted by Gasteiger charge is 2.46. The van der Waals surface area contributed by atoms with E-state index in [0.29, 0.717) is 5.56 Å². The van der Waals surface area contributed by atoms with Crippen molar-refractivity contribution in [1.82, 2.24) is 10.2 Å². The van der Waals surface area contributed by atoms with E-state index in [1.807, 2.05) is 30.3 Å². The number of urea groups is 1. The van der Waals surface area contributed by atoms with Crippen molar-refractivity contribution >= 4 is 29.5 Å². The zero-order chi connectivity index (χ0) is 19.9. The number of amides is 3. The Hall–Kier alpha value is -2.68. The topological polar surface area (TPSA) is 95.9 Å². The highest BCUT2D eigenvalue weighted by atomic mass is 32.2. The molecule has 2 aromatic rings. The highest BCUT2D eigenvalue weighted by molar-refractivity contribution is 8.00. The summed E-state index contributed by atoms with van der Waals surface area (Å²) in [6, 6.07) is 17.1. The van der Waals surface area contributed by atoms with E-state index < -0.39 is 23.2 Å². The fraction of sp³-hybridized carbons (Fsp3) is 0.250. The fourth-order valence-electron chi connectivity index (χ4n) is 2.84. The van der Waals surface area contributed by atoms with Gasteiger partial charge in [-0.15, -0.1) is 0 Å². The van der Waals surface area contributed by atoms with Crippen LogP contribution in [0.25, 0.3) is 0 Å². The van der Waals surface area contributed by atoms with E-state index in [1.54, 1.807) is 30.3 Å². The molecule has 2 N–H and O–H groups in total. The Morgan fingerprint density at radius 1 is 1.07 bits per heavy atom. The number of benzene rings is 2. The van der Waals surface area contributed by atoms with Crippen molar-refractivity contribution in [1.29, 1.82) is 0 Å². The van der Waals surface area contributed by atoms with Crippen molar-refractivity contribution in [2.24, 2.45) is 5.92 Å². The number of hydrogen-bond acceptors (Lipinski definition) is 6. The Kier molecular flexibility index (Phi) is 6.80. The number of imide groups is 1. The van der Waals surface area contributed by atoms with Crippen LogP contribution in [0.5, 0.6) is 0 Å². The van der Waals surface area contributed by atoms with Crippen LogP contribution < -0.4 is 5.32 Å². The largest absolute Gasteiger partial charge is 0.394 e. The first-order valence-electron chi connectivity index (χ1n) is 8.73. The molecule has 3 amide bonds. The van der Waals surface area contributed by atoms with Crippen LogP contribution in [0.1, 0.15) is 10.4 Å². The number of ketones is 1. The maximum atomic E-state index is 13.1. The summed E-state index contributed by atoms with van der Waals surface area (Å²) >= 11 is 1.25. The predicted molar refractivity (Wildman–Crippen MR) is 104 cm³/mol. The molecule has 0 aliphatic carbocycles. The van der Waals surface area contributed by atoms with Gasteiger partial charge >= 0.3 is 6.03 Å². The van der Waals surface area contributed by atoms with Crippen LogP contribution in [0.15, 0.2) is 65.6 Å². The number of ether oxygens (including phenoxy) is 1. The van der Waals surface area contributed by atoms with Crippen molar-refractivity contribution in [3.63, 3.8) is 0 Å². The molecule has 0 radical (unpaired) electrons. The SMILES string of the molecule is O=C1NC(=O)N(COCCO)C(Sc2ccccc2)C1C(=O)c1ccccc1. The van der Waals surface area contributed by atoms with Gasteiger partial charge < -0.3 is 9.84 Å². The maximum absolute atomic E-state index is 13.1. The molecule has 2 atom stereocenters.